The van der Waals surface area contributed by atoms with Crippen molar-refractivity contribution in [2.24, 2.45) is 5.73 Å². The highest BCUT2D eigenvalue weighted by molar-refractivity contribution is 5.94. The number of aromatic nitrogens is 3. The average Bonchev–Trinajstić information content (AvgIpc) is 3.45. The quantitative estimate of drug-likeness (QED) is 0.615. The predicted molar refractivity (Wildman–Crippen MR) is 124 cm³/mol. The molecule has 33 heavy (non-hydrogen) atoms. The molecule has 2 N–H and O–H groups in total. The summed E-state index contributed by atoms with van der Waals surface area (Å²) in [5, 5.41) is 0. The van der Waals surface area contributed by atoms with Crippen molar-refractivity contribution >= 4 is 17.8 Å². The summed E-state index contributed by atoms with van der Waals surface area (Å²) in [6.45, 7) is 4.34. The lowest BCUT2D eigenvalue weighted by Crippen LogP contribution is -2.32. The van der Waals surface area contributed by atoms with Crippen LogP contribution in [0.2, 0.25) is 0 Å². The number of hydrogen-bond acceptors (Lipinski definition) is 7. The second-order valence-electron chi connectivity index (χ2n) is 8.34. The fraction of sp³-hybridized carbons (Fsp3) is 0.375. The Hall–Kier alpha value is -3.75. The minimum Gasteiger partial charge on any atom is -0.435 e. The molecule has 1 atom stereocenters. The van der Waals surface area contributed by atoms with E-state index in [9.17, 15) is 9.59 Å². The molecule has 0 spiro atoms. The van der Waals surface area contributed by atoms with E-state index in [1.165, 1.54) is 0 Å². The van der Waals surface area contributed by atoms with Gasteiger partial charge in [-0.25, -0.2) is 15.0 Å². The molecule has 0 bridgehead atoms. The second kappa shape index (κ2) is 9.01. The fourth-order valence-electron chi connectivity index (χ4n) is 4.12. The molecule has 3 aromatic rings. The standard InChI is InChI=1S/C24H28N6O3/c1-5-19-27-14(2)21(33-19)23(32)30-12-6-7-18(30)20-17(13-26-24(28-20)29(3)4)15-8-10-16(11-9-15)22(25)31/h8-11,13,18H,5-7,12H2,1-4H3,(H2,25,31)/t18-/m0/s1. The first-order valence-corrected chi connectivity index (χ1v) is 11.0. The Bertz CT molecular complexity index is 1190. The van der Waals surface area contributed by atoms with Gasteiger partial charge < -0.3 is 20.0 Å². The minimum absolute atomic E-state index is 0.178. The molecule has 172 valence electrons. The van der Waals surface area contributed by atoms with E-state index < -0.39 is 5.91 Å². The van der Waals surface area contributed by atoms with Crippen LogP contribution < -0.4 is 10.6 Å². The van der Waals surface area contributed by atoms with Crippen molar-refractivity contribution in [1.29, 1.82) is 0 Å². The van der Waals surface area contributed by atoms with Crippen LogP contribution in [0.4, 0.5) is 5.95 Å². The van der Waals surface area contributed by atoms with Gasteiger partial charge in [0.15, 0.2) is 5.89 Å². The van der Waals surface area contributed by atoms with E-state index in [1.54, 1.807) is 25.3 Å². The van der Waals surface area contributed by atoms with Crippen LogP contribution in [0.15, 0.2) is 34.9 Å². The van der Waals surface area contributed by atoms with Gasteiger partial charge in [0, 0.05) is 44.4 Å². The molecule has 3 heterocycles. The predicted octanol–water partition coefficient (Wildman–Crippen LogP) is 3.14. The number of hydrogen-bond donors (Lipinski definition) is 1. The van der Waals surface area contributed by atoms with Gasteiger partial charge in [0.2, 0.25) is 17.6 Å². The molecule has 1 aliphatic heterocycles. The Balaban J connectivity index is 1.76. The second-order valence-corrected chi connectivity index (χ2v) is 8.34. The summed E-state index contributed by atoms with van der Waals surface area (Å²) in [6, 6.07) is 6.78. The zero-order valence-corrected chi connectivity index (χ0v) is 19.3. The zero-order chi connectivity index (χ0) is 23.7. The first-order valence-electron chi connectivity index (χ1n) is 11.0. The van der Waals surface area contributed by atoms with Crippen molar-refractivity contribution in [3.05, 3.63) is 59.1 Å². The Morgan fingerprint density at radius 1 is 1.21 bits per heavy atom. The molecule has 0 unspecified atom stereocenters. The number of primary amides is 1. The molecular formula is C24H28N6O3. The summed E-state index contributed by atoms with van der Waals surface area (Å²) in [6.07, 6.45) is 4.02. The van der Waals surface area contributed by atoms with Crippen LogP contribution in [0.3, 0.4) is 0 Å². The third-order valence-electron chi connectivity index (χ3n) is 5.85. The Labute approximate surface area is 192 Å². The third-order valence-corrected chi connectivity index (χ3v) is 5.85. The number of amides is 2. The topological polar surface area (TPSA) is 118 Å². The summed E-state index contributed by atoms with van der Waals surface area (Å²) in [5.41, 5.74) is 8.84. The van der Waals surface area contributed by atoms with Gasteiger partial charge in [0.1, 0.15) is 0 Å². The molecule has 1 aromatic carbocycles. The van der Waals surface area contributed by atoms with E-state index >= 15 is 0 Å². The van der Waals surface area contributed by atoms with Gasteiger partial charge in [0.25, 0.3) is 5.91 Å². The van der Waals surface area contributed by atoms with Crippen LogP contribution in [0.25, 0.3) is 11.1 Å². The number of likely N-dealkylation sites (tertiary alicyclic amines) is 1. The van der Waals surface area contributed by atoms with Crippen LogP contribution in [0.1, 0.15) is 64.0 Å². The maximum Gasteiger partial charge on any atom is 0.292 e. The monoisotopic (exact) mass is 448 g/mol. The van der Waals surface area contributed by atoms with Crippen molar-refractivity contribution < 1.29 is 14.0 Å². The van der Waals surface area contributed by atoms with Crippen LogP contribution in [0.5, 0.6) is 0 Å². The highest BCUT2D eigenvalue weighted by atomic mass is 16.4. The van der Waals surface area contributed by atoms with Gasteiger partial charge >= 0.3 is 0 Å². The summed E-state index contributed by atoms with van der Waals surface area (Å²) >= 11 is 0. The van der Waals surface area contributed by atoms with Crippen LogP contribution >= 0.6 is 0 Å². The molecule has 9 heteroatoms. The van der Waals surface area contributed by atoms with E-state index in [2.05, 4.69) is 9.97 Å². The van der Waals surface area contributed by atoms with E-state index in [4.69, 9.17) is 15.1 Å². The minimum atomic E-state index is -0.484. The lowest BCUT2D eigenvalue weighted by Gasteiger charge is -2.26. The summed E-state index contributed by atoms with van der Waals surface area (Å²) in [7, 11) is 3.75. The van der Waals surface area contributed by atoms with Crippen LogP contribution in [0, 0.1) is 6.92 Å². The fourth-order valence-corrected chi connectivity index (χ4v) is 4.12. The molecule has 1 saturated heterocycles. The van der Waals surface area contributed by atoms with Gasteiger partial charge in [-0.2, -0.15) is 0 Å². The van der Waals surface area contributed by atoms with Gasteiger partial charge in [-0.05, 0) is 37.5 Å². The molecule has 2 aromatic heterocycles. The number of nitrogens with zero attached hydrogens (tertiary/aromatic N) is 5. The Morgan fingerprint density at radius 3 is 2.55 bits per heavy atom. The largest absolute Gasteiger partial charge is 0.435 e. The van der Waals surface area contributed by atoms with E-state index in [0.717, 1.165) is 29.7 Å². The number of benzene rings is 1. The first-order chi connectivity index (χ1) is 15.8. The number of aryl methyl sites for hydroxylation is 2. The van der Waals surface area contributed by atoms with E-state index in [-0.39, 0.29) is 17.7 Å². The molecule has 9 nitrogen and oxygen atoms in total. The number of anilines is 1. The van der Waals surface area contributed by atoms with Crippen LogP contribution in [-0.4, -0.2) is 52.3 Å². The number of nitrogens with two attached hydrogens (primary N) is 1. The summed E-state index contributed by atoms with van der Waals surface area (Å²) in [5.74, 6) is 0.738. The molecule has 2 amide bonds. The van der Waals surface area contributed by atoms with Crippen molar-refractivity contribution in [1.82, 2.24) is 19.9 Å². The lowest BCUT2D eigenvalue weighted by atomic mass is 9.98. The van der Waals surface area contributed by atoms with Gasteiger partial charge in [-0.15, -0.1) is 0 Å². The molecule has 4 rings (SSSR count). The molecule has 1 fully saturated rings. The lowest BCUT2D eigenvalue weighted by molar-refractivity contribution is 0.0698. The van der Waals surface area contributed by atoms with Gasteiger partial charge in [-0.1, -0.05) is 19.1 Å². The Kier molecular flexibility index (Phi) is 6.13. The van der Waals surface area contributed by atoms with Crippen LogP contribution in [-0.2, 0) is 6.42 Å². The van der Waals surface area contributed by atoms with Crippen molar-refractivity contribution in [2.45, 2.75) is 39.2 Å². The van der Waals surface area contributed by atoms with E-state index in [1.807, 2.05) is 43.0 Å². The van der Waals surface area contributed by atoms with Gasteiger partial charge in [-0.3, -0.25) is 9.59 Å². The molecule has 0 radical (unpaired) electrons. The average molecular weight is 449 g/mol. The SMILES string of the molecule is CCc1nc(C)c(C(=O)N2CCC[C@H]2c2nc(N(C)C)ncc2-c2ccc(C(N)=O)cc2)o1. The number of oxazole rings is 1. The van der Waals surface area contributed by atoms with E-state index in [0.29, 0.717) is 36.1 Å². The van der Waals surface area contributed by atoms with Crippen molar-refractivity contribution in [3.8, 4) is 11.1 Å². The zero-order valence-electron chi connectivity index (χ0n) is 19.3. The maximum absolute atomic E-state index is 13.5. The van der Waals surface area contributed by atoms with Crippen molar-refractivity contribution in [2.75, 3.05) is 25.5 Å². The molecule has 0 aliphatic carbocycles. The highest BCUT2D eigenvalue weighted by Crippen LogP contribution is 2.38. The highest BCUT2D eigenvalue weighted by Gasteiger charge is 2.36. The molecular weight excluding hydrogens is 420 g/mol. The first kappa shape index (κ1) is 22.4. The normalized spacial score (nSPS) is 15.6. The Morgan fingerprint density at radius 2 is 1.94 bits per heavy atom. The third kappa shape index (κ3) is 4.30. The summed E-state index contributed by atoms with van der Waals surface area (Å²) in [4.78, 5) is 42.3. The van der Waals surface area contributed by atoms with Gasteiger partial charge in [0.05, 0.1) is 17.4 Å². The number of rotatable bonds is 6. The molecule has 0 saturated carbocycles. The maximum atomic E-state index is 13.5. The van der Waals surface area contributed by atoms with Crippen molar-refractivity contribution in [3.63, 3.8) is 0 Å². The number of carbonyl (C=O) groups is 2. The molecule has 1 aliphatic rings. The summed E-state index contributed by atoms with van der Waals surface area (Å²) < 4.78 is 5.75. The smallest absolute Gasteiger partial charge is 0.292 e. The number of carbonyl (C=O) groups excluding carboxylic acids is 2.